The monoisotopic (exact) mass is 329 g/mol. The number of nitrogens with one attached hydrogen (secondary N) is 1. The van der Waals surface area contributed by atoms with Crippen molar-refractivity contribution < 1.29 is 19.1 Å². The van der Waals surface area contributed by atoms with Crippen molar-refractivity contribution in [2.45, 2.75) is 24.9 Å². The number of ether oxygens (including phenoxy) is 1. The smallest absolute Gasteiger partial charge is 0.328 e. The Morgan fingerprint density at radius 2 is 1.82 bits per heavy atom. The van der Waals surface area contributed by atoms with Crippen molar-refractivity contribution in [2.24, 2.45) is 11.5 Å². The van der Waals surface area contributed by atoms with Crippen LogP contribution in [0.2, 0.25) is 0 Å². The van der Waals surface area contributed by atoms with Crippen molar-refractivity contribution in [1.29, 1.82) is 0 Å². The van der Waals surface area contributed by atoms with E-state index in [1.54, 1.807) is 0 Å². The molecule has 2 atom stereocenters. The highest BCUT2D eigenvalue weighted by atomic mass is 35.5. The molecule has 1 rings (SSSR count). The summed E-state index contributed by atoms with van der Waals surface area (Å²) < 4.78 is 4.66. The summed E-state index contributed by atoms with van der Waals surface area (Å²) in [6, 6.07) is 7.18. The maximum Gasteiger partial charge on any atom is 0.328 e. The first kappa shape index (κ1) is 19.9. The van der Waals surface area contributed by atoms with Gasteiger partial charge in [0.05, 0.1) is 19.6 Å². The Bertz CT molecular complexity index is 510. The number of hydrogen-bond acceptors (Lipinski definition) is 5. The van der Waals surface area contributed by atoms with E-state index in [2.05, 4.69) is 10.1 Å². The quantitative estimate of drug-likeness (QED) is 0.582. The van der Waals surface area contributed by atoms with Crippen LogP contribution in [-0.4, -0.2) is 37.0 Å². The summed E-state index contributed by atoms with van der Waals surface area (Å²) in [6.07, 6.45) is -0.0202. The van der Waals surface area contributed by atoms with E-state index in [1.165, 1.54) is 7.11 Å². The van der Waals surface area contributed by atoms with Gasteiger partial charge in [-0.2, -0.15) is 0 Å². The van der Waals surface area contributed by atoms with Gasteiger partial charge in [0.1, 0.15) is 6.04 Å². The van der Waals surface area contributed by atoms with Crippen LogP contribution < -0.4 is 16.8 Å². The largest absolute Gasteiger partial charge is 0.467 e. The molecule has 0 bridgehead atoms. The number of methoxy groups -OCH3 is 1. The molecule has 1 aromatic rings. The maximum atomic E-state index is 11.8. The number of hydrogen-bond donors (Lipinski definition) is 3. The maximum absolute atomic E-state index is 11.8. The van der Waals surface area contributed by atoms with Gasteiger partial charge in [-0.15, -0.1) is 12.4 Å². The lowest BCUT2D eigenvalue weighted by atomic mass is 10.1. The van der Waals surface area contributed by atoms with E-state index in [4.69, 9.17) is 11.5 Å². The van der Waals surface area contributed by atoms with Crippen molar-refractivity contribution in [3.8, 4) is 0 Å². The molecule has 0 fully saturated rings. The Balaban J connectivity index is 0.00000441. The van der Waals surface area contributed by atoms with E-state index in [1.807, 2.05) is 30.3 Å². The molecule has 7 nitrogen and oxygen atoms in total. The Morgan fingerprint density at radius 1 is 1.23 bits per heavy atom. The van der Waals surface area contributed by atoms with Crippen LogP contribution in [0.5, 0.6) is 0 Å². The van der Waals surface area contributed by atoms with Gasteiger partial charge in [-0.05, 0) is 5.56 Å². The van der Waals surface area contributed by atoms with Crippen LogP contribution in [0.1, 0.15) is 12.0 Å². The molecule has 0 unspecified atom stereocenters. The van der Waals surface area contributed by atoms with Crippen molar-refractivity contribution >= 4 is 30.2 Å². The molecule has 0 radical (unpaired) electrons. The Kier molecular flexibility index (Phi) is 8.81. The van der Waals surface area contributed by atoms with E-state index in [-0.39, 0.29) is 25.2 Å². The highest BCUT2D eigenvalue weighted by molar-refractivity contribution is 5.90. The number of halogens is 1. The van der Waals surface area contributed by atoms with Gasteiger partial charge in [0.2, 0.25) is 11.8 Å². The second kappa shape index (κ2) is 9.75. The molecular formula is C14H20ClN3O4. The lowest BCUT2D eigenvalue weighted by Crippen LogP contribution is -2.50. The molecular weight excluding hydrogens is 310 g/mol. The first-order chi connectivity index (χ1) is 9.93. The second-order valence-electron chi connectivity index (χ2n) is 4.55. The minimum atomic E-state index is -1.09. The molecule has 0 aliphatic carbocycles. The molecule has 2 amide bonds. The zero-order valence-corrected chi connectivity index (χ0v) is 13.0. The summed E-state index contributed by atoms with van der Waals surface area (Å²) in [4.78, 5) is 34.3. The normalized spacial score (nSPS) is 12.5. The molecule has 0 heterocycles. The molecule has 0 saturated heterocycles. The third-order valence-electron chi connectivity index (χ3n) is 2.84. The third-order valence-corrected chi connectivity index (χ3v) is 2.84. The number of esters is 1. The Labute approximate surface area is 134 Å². The van der Waals surface area contributed by atoms with Gasteiger partial charge < -0.3 is 21.5 Å². The van der Waals surface area contributed by atoms with E-state index in [0.717, 1.165) is 5.56 Å². The minimum Gasteiger partial charge on any atom is -0.467 e. The van der Waals surface area contributed by atoms with E-state index < -0.39 is 29.9 Å². The number of rotatable bonds is 7. The van der Waals surface area contributed by atoms with Gasteiger partial charge >= 0.3 is 5.97 Å². The number of benzene rings is 1. The molecule has 122 valence electrons. The zero-order valence-electron chi connectivity index (χ0n) is 12.2. The SMILES string of the molecule is COC(=O)[C@H](Cc1ccccc1)NC(=O)[C@@H](N)CC(N)=O.Cl. The van der Waals surface area contributed by atoms with E-state index in [9.17, 15) is 14.4 Å². The predicted molar refractivity (Wildman–Crippen MR) is 83.1 cm³/mol. The average Bonchev–Trinajstić information content (AvgIpc) is 2.46. The van der Waals surface area contributed by atoms with Crippen molar-refractivity contribution in [3.63, 3.8) is 0 Å². The number of carbonyl (C=O) groups is 3. The number of amides is 2. The van der Waals surface area contributed by atoms with Gasteiger partial charge in [-0.25, -0.2) is 4.79 Å². The van der Waals surface area contributed by atoms with Crippen molar-refractivity contribution in [3.05, 3.63) is 35.9 Å². The van der Waals surface area contributed by atoms with Gasteiger partial charge in [0, 0.05) is 6.42 Å². The molecule has 8 heteroatoms. The highest BCUT2D eigenvalue weighted by Crippen LogP contribution is 2.05. The molecule has 0 aromatic heterocycles. The predicted octanol–water partition coefficient (Wildman–Crippen LogP) is -0.489. The Hall–Kier alpha value is -2.12. The van der Waals surface area contributed by atoms with Gasteiger partial charge in [0.15, 0.2) is 0 Å². The molecule has 22 heavy (non-hydrogen) atoms. The van der Waals surface area contributed by atoms with Crippen molar-refractivity contribution in [2.75, 3.05) is 7.11 Å². The summed E-state index contributed by atoms with van der Waals surface area (Å²) in [7, 11) is 1.23. The van der Waals surface area contributed by atoms with Crippen LogP contribution in [0, 0.1) is 0 Å². The standard InChI is InChI=1S/C14H19N3O4.ClH/c1-21-14(20)11(7-9-5-3-2-4-6-9)17-13(19)10(15)8-12(16)18;/h2-6,10-11H,7-8,15H2,1H3,(H2,16,18)(H,17,19);1H/t10-,11-;/m0./s1. The summed E-state index contributed by atoms with van der Waals surface area (Å²) in [5.74, 6) is -1.89. The van der Waals surface area contributed by atoms with Crippen LogP contribution in [0.15, 0.2) is 30.3 Å². The number of carbonyl (C=O) groups excluding carboxylic acids is 3. The van der Waals surface area contributed by atoms with Gasteiger partial charge in [-0.1, -0.05) is 30.3 Å². The molecule has 0 saturated carbocycles. The minimum absolute atomic E-state index is 0. The summed E-state index contributed by atoms with van der Waals surface area (Å²) >= 11 is 0. The summed E-state index contributed by atoms with van der Waals surface area (Å²) in [5, 5.41) is 2.48. The fourth-order valence-electron chi connectivity index (χ4n) is 1.77. The summed E-state index contributed by atoms with van der Waals surface area (Å²) in [6.45, 7) is 0. The highest BCUT2D eigenvalue weighted by Gasteiger charge is 2.25. The number of nitrogens with two attached hydrogens (primary N) is 2. The molecule has 0 aliphatic rings. The first-order valence-corrected chi connectivity index (χ1v) is 6.40. The van der Waals surface area contributed by atoms with Gasteiger partial charge in [-0.3, -0.25) is 9.59 Å². The van der Waals surface area contributed by atoms with E-state index >= 15 is 0 Å². The summed E-state index contributed by atoms with van der Waals surface area (Å²) in [5.41, 5.74) is 11.4. The molecule has 0 aliphatic heterocycles. The van der Waals surface area contributed by atoms with Gasteiger partial charge in [0.25, 0.3) is 0 Å². The number of primary amides is 1. The molecule has 0 spiro atoms. The van der Waals surface area contributed by atoms with Crippen LogP contribution in [-0.2, 0) is 25.5 Å². The van der Waals surface area contributed by atoms with Crippen molar-refractivity contribution in [1.82, 2.24) is 5.32 Å². The van der Waals surface area contributed by atoms with Crippen LogP contribution >= 0.6 is 12.4 Å². The third kappa shape index (κ3) is 6.55. The zero-order chi connectivity index (χ0) is 15.8. The fraction of sp³-hybridized carbons (Fsp3) is 0.357. The fourth-order valence-corrected chi connectivity index (χ4v) is 1.77. The van der Waals surface area contributed by atoms with Crippen LogP contribution in [0.25, 0.3) is 0 Å². The lowest BCUT2D eigenvalue weighted by molar-refractivity contribution is -0.145. The molecule has 1 aromatic carbocycles. The second-order valence-corrected chi connectivity index (χ2v) is 4.55. The lowest BCUT2D eigenvalue weighted by Gasteiger charge is -2.18. The Morgan fingerprint density at radius 3 is 2.32 bits per heavy atom. The average molecular weight is 330 g/mol. The van der Waals surface area contributed by atoms with E-state index in [0.29, 0.717) is 0 Å². The molecule has 5 N–H and O–H groups in total. The van der Waals surface area contributed by atoms with Crippen LogP contribution in [0.3, 0.4) is 0 Å². The topological polar surface area (TPSA) is 125 Å². The van der Waals surface area contributed by atoms with Crippen LogP contribution in [0.4, 0.5) is 0 Å². The first-order valence-electron chi connectivity index (χ1n) is 6.40.